The lowest BCUT2D eigenvalue weighted by molar-refractivity contribution is -0.384. The number of esters is 1. The summed E-state index contributed by atoms with van der Waals surface area (Å²) in [6.45, 7) is 0. The molecular weight excluding hydrogens is 392 g/mol. The summed E-state index contributed by atoms with van der Waals surface area (Å²) in [5.74, 6) is -0.977. The van der Waals surface area contributed by atoms with Crippen molar-refractivity contribution in [3.63, 3.8) is 0 Å². The monoisotopic (exact) mass is 408 g/mol. The number of amides is 1. The van der Waals surface area contributed by atoms with Crippen LogP contribution in [0.2, 0.25) is 0 Å². The molecule has 7 nitrogen and oxygen atoms in total. The van der Waals surface area contributed by atoms with E-state index in [0.29, 0.717) is 21.7 Å². The predicted molar refractivity (Wildman–Crippen MR) is 112 cm³/mol. The van der Waals surface area contributed by atoms with Gasteiger partial charge in [-0.05, 0) is 29.3 Å². The number of benzene rings is 2. The zero-order valence-electron chi connectivity index (χ0n) is 15.3. The highest BCUT2D eigenvalue weighted by Crippen LogP contribution is 2.36. The van der Waals surface area contributed by atoms with Crippen LogP contribution in [0.15, 0.2) is 66.1 Å². The molecule has 0 spiro atoms. The first-order valence-corrected chi connectivity index (χ1v) is 9.36. The molecule has 0 radical (unpaired) electrons. The van der Waals surface area contributed by atoms with Crippen molar-refractivity contribution in [2.75, 3.05) is 12.4 Å². The lowest BCUT2D eigenvalue weighted by atomic mass is 10.0. The fraction of sp³-hybridized carbons (Fsp3) is 0.0476. The van der Waals surface area contributed by atoms with Crippen molar-refractivity contribution in [3.8, 4) is 11.1 Å². The van der Waals surface area contributed by atoms with Crippen molar-refractivity contribution >= 4 is 40.0 Å². The number of nitro groups is 1. The number of nitrogens with zero attached hydrogens (tertiary/aromatic N) is 1. The number of nitro benzene ring substituents is 1. The molecule has 0 bridgehead atoms. The van der Waals surface area contributed by atoms with Crippen molar-refractivity contribution < 1.29 is 19.2 Å². The lowest BCUT2D eigenvalue weighted by Gasteiger charge is -2.06. The topological polar surface area (TPSA) is 98.5 Å². The summed E-state index contributed by atoms with van der Waals surface area (Å²) in [4.78, 5) is 34.8. The Balaban J connectivity index is 1.80. The molecule has 3 rings (SSSR count). The molecule has 0 aliphatic carbocycles. The number of rotatable bonds is 6. The highest BCUT2D eigenvalue weighted by molar-refractivity contribution is 7.15. The fourth-order valence-corrected chi connectivity index (χ4v) is 3.58. The number of carbonyl (C=O) groups excluding carboxylic acids is 2. The first-order chi connectivity index (χ1) is 14.0. The molecule has 1 heterocycles. The van der Waals surface area contributed by atoms with Crippen LogP contribution in [0.25, 0.3) is 17.2 Å². The molecule has 1 aromatic heterocycles. The molecule has 0 fully saturated rings. The van der Waals surface area contributed by atoms with E-state index in [-0.39, 0.29) is 5.69 Å². The predicted octanol–water partition coefficient (Wildman–Crippen LogP) is 4.76. The third-order valence-electron chi connectivity index (χ3n) is 4.03. The van der Waals surface area contributed by atoms with E-state index in [4.69, 9.17) is 4.74 Å². The van der Waals surface area contributed by atoms with Gasteiger partial charge in [-0.2, -0.15) is 0 Å². The van der Waals surface area contributed by atoms with Crippen LogP contribution < -0.4 is 5.32 Å². The van der Waals surface area contributed by atoms with Crippen LogP contribution in [0.4, 0.5) is 10.7 Å². The van der Waals surface area contributed by atoms with Crippen LogP contribution >= 0.6 is 11.3 Å². The highest BCUT2D eigenvalue weighted by Gasteiger charge is 2.21. The molecule has 8 heteroatoms. The van der Waals surface area contributed by atoms with E-state index in [2.05, 4.69) is 5.32 Å². The summed E-state index contributed by atoms with van der Waals surface area (Å²) in [6.07, 6.45) is 2.83. The van der Waals surface area contributed by atoms with Crippen molar-refractivity contribution in [1.29, 1.82) is 0 Å². The zero-order valence-corrected chi connectivity index (χ0v) is 16.1. The number of hydrogen-bond acceptors (Lipinski definition) is 6. The van der Waals surface area contributed by atoms with Gasteiger partial charge in [-0.25, -0.2) is 4.79 Å². The van der Waals surface area contributed by atoms with E-state index in [9.17, 15) is 19.7 Å². The molecular formula is C21H16N2O5S. The largest absolute Gasteiger partial charge is 0.465 e. The maximum atomic E-state index is 12.3. The minimum Gasteiger partial charge on any atom is -0.465 e. The van der Waals surface area contributed by atoms with Gasteiger partial charge in [0.05, 0.1) is 12.0 Å². The van der Waals surface area contributed by atoms with Crippen LogP contribution in [-0.4, -0.2) is 23.9 Å². The molecule has 0 unspecified atom stereocenters. The summed E-state index contributed by atoms with van der Waals surface area (Å²) in [6, 6.07) is 15.1. The lowest BCUT2D eigenvalue weighted by Crippen LogP contribution is -2.11. The number of hydrogen-bond donors (Lipinski definition) is 1. The molecule has 1 amide bonds. The van der Waals surface area contributed by atoms with Gasteiger partial charge in [-0.3, -0.25) is 14.9 Å². The van der Waals surface area contributed by atoms with E-state index in [1.54, 1.807) is 17.5 Å². The minimum atomic E-state index is -0.542. The van der Waals surface area contributed by atoms with E-state index in [1.807, 2.05) is 30.3 Å². The van der Waals surface area contributed by atoms with Crippen molar-refractivity contribution in [2.45, 2.75) is 0 Å². The summed E-state index contributed by atoms with van der Waals surface area (Å²) in [5, 5.41) is 15.6. The second-order valence-electron chi connectivity index (χ2n) is 5.88. The van der Waals surface area contributed by atoms with E-state index in [1.165, 1.54) is 42.7 Å². The average Bonchev–Trinajstić information content (AvgIpc) is 3.16. The molecule has 0 saturated carbocycles. The van der Waals surface area contributed by atoms with Crippen molar-refractivity contribution in [2.24, 2.45) is 0 Å². The Morgan fingerprint density at radius 2 is 1.79 bits per heavy atom. The molecule has 0 aliphatic heterocycles. The molecule has 1 N–H and O–H groups in total. The van der Waals surface area contributed by atoms with E-state index < -0.39 is 16.8 Å². The van der Waals surface area contributed by atoms with Gasteiger partial charge in [0.1, 0.15) is 10.6 Å². The summed E-state index contributed by atoms with van der Waals surface area (Å²) in [7, 11) is 1.29. The molecule has 2 aromatic carbocycles. The molecule has 29 heavy (non-hydrogen) atoms. The number of carbonyl (C=O) groups is 2. The minimum absolute atomic E-state index is 0.0265. The van der Waals surface area contributed by atoms with Crippen LogP contribution in [0.5, 0.6) is 0 Å². The summed E-state index contributed by atoms with van der Waals surface area (Å²) >= 11 is 1.23. The van der Waals surface area contributed by atoms with Gasteiger partial charge in [-0.1, -0.05) is 30.3 Å². The second kappa shape index (κ2) is 8.94. The Bertz CT molecular complexity index is 1070. The van der Waals surface area contributed by atoms with Gasteiger partial charge >= 0.3 is 5.97 Å². The van der Waals surface area contributed by atoms with Crippen LogP contribution in [0.1, 0.15) is 15.9 Å². The summed E-state index contributed by atoms with van der Waals surface area (Å²) in [5.41, 5.74) is 2.42. The number of non-ortho nitro benzene ring substituents is 1. The molecule has 0 atom stereocenters. The smallest absolute Gasteiger partial charge is 0.341 e. The molecule has 0 aliphatic rings. The van der Waals surface area contributed by atoms with Gasteiger partial charge in [0, 0.05) is 29.2 Å². The number of ether oxygens (including phenoxy) is 1. The SMILES string of the molecule is COC(=O)c1c(-c2ccccc2)csc1NC(=O)/C=C/c1ccc([N+](=O)[O-])cc1. The highest BCUT2D eigenvalue weighted by atomic mass is 32.1. The van der Waals surface area contributed by atoms with Gasteiger partial charge in [-0.15, -0.1) is 11.3 Å². The standard InChI is InChI=1S/C21H16N2O5S/c1-28-21(25)19-17(15-5-3-2-4-6-15)13-29-20(19)22-18(24)12-9-14-7-10-16(11-8-14)23(26)27/h2-13H,1H3,(H,22,24)/b12-9+. The Morgan fingerprint density at radius 1 is 1.10 bits per heavy atom. The number of nitrogens with one attached hydrogen (secondary N) is 1. The number of anilines is 1. The Hall–Kier alpha value is -3.78. The van der Waals surface area contributed by atoms with Crippen molar-refractivity contribution in [3.05, 3.63) is 87.3 Å². The maximum Gasteiger partial charge on any atom is 0.341 e. The first kappa shape index (κ1) is 20.0. The zero-order chi connectivity index (χ0) is 20.8. The van der Waals surface area contributed by atoms with Crippen LogP contribution in [0.3, 0.4) is 0 Å². The van der Waals surface area contributed by atoms with E-state index in [0.717, 1.165) is 5.56 Å². The quantitative estimate of drug-likeness (QED) is 0.274. The second-order valence-corrected chi connectivity index (χ2v) is 6.76. The van der Waals surface area contributed by atoms with E-state index >= 15 is 0 Å². The molecule has 0 saturated heterocycles. The third-order valence-corrected chi connectivity index (χ3v) is 4.93. The fourth-order valence-electron chi connectivity index (χ4n) is 2.62. The number of thiophene rings is 1. The van der Waals surface area contributed by atoms with Crippen molar-refractivity contribution in [1.82, 2.24) is 0 Å². The van der Waals surface area contributed by atoms with Crippen LogP contribution in [0, 0.1) is 10.1 Å². The van der Waals surface area contributed by atoms with Gasteiger partial charge in [0.25, 0.3) is 5.69 Å². The van der Waals surface area contributed by atoms with Gasteiger partial charge < -0.3 is 10.1 Å². The maximum absolute atomic E-state index is 12.3. The Kier molecular flexibility index (Phi) is 6.16. The van der Waals surface area contributed by atoms with Gasteiger partial charge in [0.2, 0.25) is 5.91 Å². The number of methoxy groups -OCH3 is 1. The first-order valence-electron chi connectivity index (χ1n) is 8.48. The third kappa shape index (κ3) is 4.74. The Morgan fingerprint density at radius 3 is 2.41 bits per heavy atom. The Labute approximate surface area is 170 Å². The molecule has 3 aromatic rings. The normalized spacial score (nSPS) is 10.7. The molecule has 146 valence electrons. The van der Waals surface area contributed by atoms with Crippen LogP contribution in [-0.2, 0) is 9.53 Å². The van der Waals surface area contributed by atoms with Gasteiger partial charge in [0.15, 0.2) is 0 Å². The average molecular weight is 408 g/mol. The summed E-state index contributed by atoms with van der Waals surface area (Å²) < 4.78 is 4.88.